The average molecular weight is 296 g/mol. The predicted molar refractivity (Wildman–Crippen MR) is 91.8 cm³/mol. The van der Waals surface area contributed by atoms with Gasteiger partial charge in [0.15, 0.2) is 0 Å². The van der Waals surface area contributed by atoms with Crippen molar-refractivity contribution < 1.29 is 0 Å². The monoisotopic (exact) mass is 295 g/mol. The largest absolute Gasteiger partial charge is 0.319 e. The van der Waals surface area contributed by atoms with Crippen molar-refractivity contribution in [2.24, 2.45) is 5.41 Å². The van der Waals surface area contributed by atoms with Gasteiger partial charge in [-0.2, -0.15) is 0 Å². The van der Waals surface area contributed by atoms with Crippen LogP contribution in [0.3, 0.4) is 0 Å². The number of rotatable bonds is 7. The molecule has 124 valence electrons. The highest BCUT2D eigenvalue weighted by Gasteiger charge is 2.35. The molecule has 1 unspecified atom stereocenters. The van der Waals surface area contributed by atoms with Gasteiger partial charge in [0.1, 0.15) is 0 Å². The van der Waals surface area contributed by atoms with E-state index in [9.17, 15) is 0 Å². The third kappa shape index (κ3) is 4.67. The van der Waals surface area contributed by atoms with E-state index in [4.69, 9.17) is 0 Å². The zero-order valence-corrected chi connectivity index (χ0v) is 14.7. The number of nitrogens with zero attached hydrogens (tertiary/aromatic N) is 2. The quantitative estimate of drug-likeness (QED) is 0.729. The summed E-state index contributed by atoms with van der Waals surface area (Å²) in [7, 11) is 2.13. The molecule has 0 radical (unpaired) electrons. The van der Waals surface area contributed by atoms with Gasteiger partial charge in [0.2, 0.25) is 0 Å². The summed E-state index contributed by atoms with van der Waals surface area (Å²) in [4.78, 5) is 5.42. The van der Waals surface area contributed by atoms with Crippen LogP contribution in [0.2, 0.25) is 0 Å². The van der Waals surface area contributed by atoms with Crippen molar-refractivity contribution in [1.29, 1.82) is 0 Å². The lowest BCUT2D eigenvalue weighted by Gasteiger charge is -2.37. The first-order chi connectivity index (χ1) is 10.2. The van der Waals surface area contributed by atoms with Gasteiger partial charge < -0.3 is 10.2 Å². The van der Waals surface area contributed by atoms with E-state index in [1.165, 1.54) is 84.2 Å². The zero-order valence-electron chi connectivity index (χ0n) is 14.7. The summed E-state index contributed by atoms with van der Waals surface area (Å²) < 4.78 is 0. The number of nitrogens with one attached hydrogen (secondary N) is 1. The molecule has 1 aliphatic carbocycles. The van der Waals surface area contributed by atoms with Crippen LogP contribution in [0.25, 0.3) is 0 Å². The number of likely N-dealkylation sites (N-methyl/N-ethyl adjacent to an activating group) is 1. The van der Waals surface area contributed by atoms with E-state index >= 15 is 0 Å². The van der Waals surface area contributed by atoms with Gasteiger partial charge in [-0.25, -0.2) is 0 Å². The summed E-state index contributed by atoms with van der Waals surface area (Å²) in [6, 6.07) is 0.803. The molecule has 1 saturated heterocycles. The highest BCUT2D eigenvalue weighted by Crippen LogP contribution is 2.36. The topological polar surface area (TPSA) is 18.5 Å². The molecular formula is C18H37N3. The molecule has 1 N–H and O–H groups in total. The Morgan fingerprint density at radius 2 is 1.76 bits per heavy atom. The van der Waals surface area contributed by atoms with Crippen LogP contribution in [0.15, 0.2) is 0 Å². The molecule has 3 nitrogen and oxygen atoms in total. The van der Waals surface area contributed by atoms with Crippen molar-refractivity contribution in [2.75, 3.05) is 46.3 Å². The first kappa shape index (κ1) is 17.2. The number of hydrogen-bond donors (Lipinski definition) is 1. The molecule has 0 amide bonds. The van der Waals surface area contributed by atoms with Gasteiger partial charge in [-0.1, -0.05) is 39.5 Å². The minimum absolute atomic E-state index is 0.545. The Morgan fingerprint density at radius 1 is 1.10 bits per heavy atom. The fraction of sp³-hybridized carbons (Fsp3) is 1.00. The minimum atomic E-state index is 0.545. The van der Waals surface area contributed by atoms with Gasteiger partial charge in [0.25, 0.3) is 0 Å². The molecule has 3 heteroatoms. The molecular weight excluding hydrogens is 258 g/mol. The van der Waals surface area contributed by atoms with Crippen LogP contribution in [0.5, 0.6) is 0 Å². The van der Waals surface area contributed by atoms with Crippen molar-refractivity contribution in [1.82, 2.24) is 15.1 Å². The van der Waals surface area contributed by atoms with Crippen LogP contribution in [-0.2, 0) is 0 Å². The van der Waals surface area contributed by atoms with E-state index in [0.29, 0.717) is 5.41 Å². The Balaban J connectivity index is 1.92. The second kappa shape index (κ2) is 8.50. The first-order valence-corrected chi connectivity index (χ1v) is 9.34. The lowest BCUT2D eigenvalue weighted by molar-refractivity contribution is 0.136. The standard InChI is InChI=1S/C18H37N3/c1-4-21(5-2)17-10-13-20(14-17)16-18(15-19-3)11-8-6-7-9-12-18/h17,19H,4-16H2,1-3H3. The van der Waals surface area contributed by atoms with Crippen LogP contribution in [0, 0.1) is 5.41 Å². The van der Waals surface area contributed by atoms with Gasteiger partial charge in [-0.05, 0) is 51.4 Å². The van der Waals surface area contributed by atoms with Gasteiger partial charge in [0.05, 0.1) is 0 Å². The molecule has 0 bridgehead atoms. The molecule has 1 saturated carbocycles. The molecule has 1 heterocycles. The molecule has 0 aromatic carbocycles. The van der Waals surface area contributed by atoms with Crippen LogP contribution >= 0.6 is 0 Å². The summed E-state index contributed by atoms with van der Waals surface area (Å²) in [5, 5.41) is 3.50. The summed E-state index contributed by atoms with van der Waals surface area (Å²) in [5.74, 6) is 0. The molecule has 2 fully saturated rings. The third-order valence-corrected chi connectivity index (χ3v) is 5.85. The van der Waals surface area contributed by atoms with E-state index in [1.807, 2.05) is 0 Å². The average Bonchev–Trinajstić information content (AvgIpc) is 2.80. The highest BCUT2D eigenvalue weighted by molar-refractivity contribution is 4.91. The van der Waals surface area contributed by atoms with E-state index < -0.39 is 0 Å². The maximum Gasteiger partial charge on any atom is 0.0235 e. The Labute approximate surface area is 132 Å². The fourth-order valence-electron chi connectivity index (χ4n) is 4.71. The van der Waals surface area contributed by atoms with Crippen molar-refractivity contribution >= 4 is 0 Å². The van der Waals surface area contributed by atoms with Crippen molar-refractivity contribution in [2.45, 2.75) is 64.8 Å². The SMILES string of the molecule is CCN(CC)C1CCN(CC2(CNC)CCCCCC2)C1. The van der Waals surface area contributed by atoms with E-state index in [-0.39, 0.29) is 0 Å². The summed E-state index contributed by atoms with van der Waals surface area (Å²) >= 11 is 0. The van der Waals surface area contributed by atoms with Crippen LogP contribution < -0.4 is 5.32 Å². The normalized spacial score (nSPS) is 27.1. The Morgan fingerprint density at radius 3 is 2.33 bits per heavy atom. The van der Waals surface area contributed by atoms with Gasteiger partial charge in [0, 0.05) is 25.7 Å². The number of hydrogen-bond acceptors (Lipinski definition) is 3. The summed E-state index contributed by atoms with van der Waals surface area (Å²) in [5.41, 5.74) is 0.545. The molecule has 1 atom stereocenters. The lowest BCUT2D eigenvalue weighted by Crippen LogP contribution is -2.44. The molecule has 0 spiro atoms. The van der Waals surface area contributed by atoms with Crippen LogP contribution in [0.1, 0.15) is 58.8 Å². The molecule has 1 aliphatic heterocycles. The molecule has 0 aromatic rings. The Bertz CT molecular complexity index is 280. The smallest absolute Gasteiger partial charge is 0.0235 e. The maximum atomic E-state index is 3.50. The lowest BCUT2D eigenvalue weighted by atomic mass is 9.79. The van der Waals surface area contributed by atoms with Gasteiger partial charge in [-0.3, -0.25) is 4.90 Å². The fourth-order valence-corrected chi connectivity index (χ4v) is 4.71. The zero-order chi connectivity index (χ0) is 15.1. The highest BCUT2D eigenvalue weighted by atomic mass is 15.3. The van der Waals surface area contributed by atoms with Crippen LogP contribution in [0.4, 0.5) is 0 Å². The Kier molecular flexibility index (Phi) is 6.97. The molecule has 0 aromatic heterocycles. The van der Waals surface area contributed by atoms with Crippen LogP contribution in [-0.4, -0.2) is 62.2 Å². The van der Waals surface area contributed by atoms with E-state index in [2.05, 4.69) is 36.0 Å². The van der Waals surface area contributed by atoms with Crippen molar-refractivity contribution in [3.63, 3.8) is 0 Å². The number of likely N-dealkylation sites (tertiary alicyclic amines) is 1. The minimum Gasteiger partial charge on any atom is -0.319 e. The van der Waals surface area contributed by atoms with Gasteiger partial charge in [-0.15, -0.1) is 0 Å². The van der Waals surface area contributed by atoms with Crippen molar-refractivity contribution in [3.05, 3.63) is 0 Å². The second-order valence-electron chi connectivity index (χ2n) is 7.34. The molecule has 21 heavy (non-hydrogen) atoms. The van der Waals surface area contributed by atoms with Gasteiger partial charge >= 0.3 is 0 Å². The summed E-state index contributed by atoms with van der Waals surface area (Å²) in [6.45, 7) is 12.2. The molecule has 2 rings (SSSR count). The summed E-state index contributed by atoms with van der Waals surface area (Å²) in [6.07, 6.45) is 10.0. The first-order valence-electron chi connectivity index (χ1n) is 9.34. The second-order valence-corrected chi connectivity index (χ2v) is 7.34. The predicted octanol–water partition coefficient (Wildman–Crippen LogP) is 2.96. The van der Waals surface area contributed by atoms with E-state index in [1.54, 1.807) is 0 Å². The molecule has 2 aliphatic rings. The van der Waals surface area contributed by atoms with E-state index in [0.717, 1.165) is 6.04 Å². The third-order valence-electron chi connectivity index (χ3n) is 5.85. The maximum absolute atomic E-state index is 3.50. The Hall–Kier alpha value is -0.120. The van der Waals surface area contributed by atoms with Crippen molar-refractivity contribution in [3.8, 4) is 0 Å².